The summed E-state index contributed by atoms with van der Waals surface area (Å²) in [5.74, 6) is -0.489. The molecule has 0 aliphatic carbocycles. The number of rotatable bonds is 15. The fourth-order valence-electron chi connectivity index (χ4n) is 2.29. The maximum atomic E-state index is 11.4. The van der Waals surface area contributed by atoms with Gasteiger partial charge in [0.1, 0.15) is 0 Å². The third-order valence-electron chi connectivity index (χ3n) is 3.59. The van der Waals surface area contributed by atoms with Crippen LogP contribution in [-0.4, -0.2) is 31.2 Å². The van der Waals surface area contributed by atoms with Crippen molar-refractivity contribution < 1.29 is 69.5 Å². The van der Waals surface area contributed by atoms with E-state index in [0.717, 1.165) is 12.8 Å². The van der Waals surface area contributed by atoms with Crippen LogP contribution >= 0.6 is 0 Å². The van der Waals surface area contributed by atoms with Crippen LogP contribution in [0.25, 0.3) is 0 Å². The average molecular weight is 374 g/mol. The van der Waals surface area contributed by atoms with E-state index < -0.39 is 10.1 Å². The van der Waals surface area contributed by atoms with Crippen molar-refractivity contribution in [1.82, 2.24) is 0 Å². The predicted molar refractivity (Wildman–Crippen MR) is 89.8 cm³/mol. The van der Waals surface area contributed by atoms with Gasteiger partial charge in [-0.2, -0.15) is 8.42 Å². The molecule has 1 N–H and O–H groups in total. The van der Waals surface area contributed by atoms with Crippen molar-refractivity contribution in [2.75, 3.05) is 12.3 Å². The molecule has 0 radical (unpaired) electrons. The van der Waals surface area contributed by atoms with Crippen molar-refractivity contribution >= 4 is 16.0 Å². The second-order valence-corrected chi connectivity index (χ2v) is 7.42. The van der Waals surface area contributed by atoms with Crippen molar-refractivity contribution in [2.45, 2.75) is 84.0 Å². The molecule has 0 rings (SSSR count). The minimum Gasteiger partial charge on any atom is -0.862 e. The summed E-state index contributed by atoms with van der Waals surface area (Å²) in [5, 5.41) is 11.4. The molecule has 0 aliphatic heterocycles. The number of unbranched alkanes of at least 4 members (excludes halogenated alkanes) is 9. The molecule has 0 aromatic carbocycles. The molecule has 132 valence electrons. The molecular weight excluding hydrogens is 341 g/mol. The van der Waals surface area contributed by atoms with Crippen LogP contribution in [-0.2, 0) is 10.1 Å². The summed E-state index contributed by atoms with van der Waals surface area (Å²) in [6.45, 7) is 2.40. The molecule has 0 aromatic heterocycles. The number of nitrogens with zero attached hydrogens (tertiary/aromatic N) is 1. The van der Waals surface area contributed by atoms with Crippen molar-refractivity contribution in [3.05, 3.63) is 0 Å². The van der Waals surface area contributed by atoms with Crippen LogP contribution in [0.15, 0.2) is 4.99 Å². The fourth-order valence-corrected chi connectivity index (χ4v) is 2.79. The van der Waals surface area contributed by atoms with Gasteiger partial charge in [0.25, 0.3) is 10.1 Å². The van der Waals surface area contributed by atoms with Crippen LogP contribution in [0.1, 0.15) is 84.0 Å². The van der Waals surface area contributed by atoms with E-state index >= 15 is 0 Å². The Balaban J connectivity index is 0. The van der Waals surface area contributed by atoms with E-state index in [4.69, 9.17) is 4.55 Å². The summed E-state index contributed by atoms with van der Waals surface area (Å²) in [7, 11) is -3.93. The Hall–Kier alpha value is 1.02. The van der Waals surface area contributed by atoms with Gasteiger partial charge in [0.15, 0.2) is 0 Å². The molecule has 7 heteroatoms. The smallest absolute Gasteiger partial charge is 0.862 e. The maximum Gasteiger partial charge on any atom is 1.00 e. The number of aliphatic imine (C=N–C) groups is 1. The SMILES string of the molecule is CCCCCCCCCCCCC([O-])=NCCCS(=O)(=O)O.[K+]. The molecule has 0 bridgehead atoms. The van der Waals surface area contributed by atoms with Gasteiger partial charge in [-0.25, -0.2) is 0 Å². The molecule has 0 aliphatic rings. The van der Waals surface area contributed by atoms with Crippen LogP contribution in [0.4, 0.5) is 0 Å². The summed E-state index contributed by atoms with van der Waals surface area (Å²) < 4.78 is 29.5. The number of hydrogen-bond acceptors (Lipinski definition) is 4. The van der Waals surface area contributed by atoms with E-state index in [0.29, 0.717) is 6.42 Å². The summed E-state index contributed by atoms with van der Waals surface area (Å²) in [5.41, 5.74) is 0. The monoisotopic (exact) mass is 373 g/mol. The number of hydrogen-bond donors (Lipinski definition) is 1. The van der Waals surface area contributed by atoms with Gasteiger partial charge in [0.05, 0.1) is 5.75 Å². The maximum absolute atomic E-state index is 11.4. The standard InChI is InChI=1S/C16H33NO4S.K/c1-2-3-4-5-6-7-8-9-10-11-13-16(18)17-14-12-15-22(19,20)21;/h2-15H2,1H3,(H,17,18)(H,19,20,21);/q;+1/p-1. The summed E-state index contributed by atoms with van der Waals surface area (Å²) in [6, 6.07) is 0. The molecule has 0 saturated heterocycles. The van der Waals surface area contributed by atoms with Crippen LogP contribution in [0.5, 0.6) is 0 Å². The summed E-state index contributed by atoms with van der Waals surface area (Å²) >= 11 is 0. The van der Waals surface area contributed by atoms with Gasteiger partial charge >= 0.3 is 51.4 Å². The van der Waals surface area contributed by atoms with E-state index in [1.54, 1.807) is 0 Å². The third kappa shape index (κ3) is 23.0. The molecule has 23 heavy (non-hydrogen) atoms. The molecule has 0 aromatic rings. The molecule has 0 spiro atoms. The zero-order chi connectivity index (χ0) is 16.7. The van der Waals surface area contributed by atoms with Gasteiger partial charge in [-0.1, -0.05) is 64.7 Å². The van der Waals surface area contributed by atoms with Gasteiger partial charge in [-0.05, 0) is 25.2 Å². The van der Waals surface area contributed by atoms with Crippen molar-refractivity contribution in [3.8, 4) is 0 Å². The van der Waals surface area contributed by atoms with Gasteiger partial charge in [-0.3, -0.25) is 4.55 Å². The van der Waals surface area contributed by atoms with E-state index in [1.165, 1.54) is 51.4 Å². The summed E-state index contributed by atoms with van der Waals surface area (Å²) in [4.78, 5) is 3.79. The third-order valence-corrected chi connectivity index (χ3v) is 4.40. The van der Waals surface area contributed by atoms with Crippen LogP contribution < -0.4 is 56.5 Å². The van der Waals surface area contributed by atoms with Crippen LogP contribution in [0, 0.1) is 0 Å². The minimum atomic E-state index is -3.93. The Kier molecular flexibility index (Phi) is 20.3. The van der Waals surface area contributed by atoms with Gasteiger partial charge < -0.3 is 10.1 Å². The van der Waals surface area contributed by atoms with Crippen LogP contribution in [0.2, 0.25) is 0 Å². The molecule has 5 nitrogen and oxygen atoms in total. The molecule has 0 unspecified atom stereocenters. The van der Waals surface area contributed by atoms with Gasteiger partial charge in [-0.15, -0.1) is 0 Å². The predicted octanol–water partition coefficient (Wildman–Crippen LogP) is 0.338. The van der Waals surface area contributed by atoms with Crippen molar-refractivity contribution in [1.29, 1.82) is 0 Å². The molecule has 0 amide bonds. The quantitative estimate of drug-likeness (QED) is 0.147. The van der Waals surface area contributed by atoms with Gasteiger partial charge in [0, 0.05) is 6.54 Å². The van der Waals surface area contributed by atoms with Crippen molar-refractivity contribution in [3.63, 3.8) is 0 Å². The largest absolute Gasteiger partial charge is 1.00 e. The van der Waals surface area contributed by atoms with E-state index in [1.807, 2.05) is 0 Å². The minimum absolute atomic E-state index is 0. The fraction of sp³-hybridized carbons (Fsp3) is 0.938. The van der Waals surface area contributed by atoms with Gasteiger partial charge in [0.2, 0.25) is 0 Å². The zero-order valence-electron chi connectivity index (χ0n) is 14.9. The molecule has 0 heterocycles. The average Bonchev–Trinajstić information content (AvgIpc) is 2.44. The first-order chi connectivity index (χ1) is 10.5. The van der Waals surface area contributed by atoms with Crippen molar-refractivity contribution in [2.24, 2.45) is 4.99 Å². The van der Waals surface area contributed by atoms with E-state index in [2.05, 4.69) is 11.9 Å². The van der Waals surface area contributed by atoms with E-state index in [-0.39, 0.29) is 76.0 Å². The first kappa shape index (κ1) is 26.2. The molecule has 0 atom stereocenters. The molecular formula is C16H32KNO4S. The Labute approximate surface area is 184 Å². The Morgan fingerprint density at radius 3 is 1.87 bits per heavy atom. The topological polar surface area (TPSA) is 89.8 Å². The van der Waals surface area contributed by atoms with E-state index in [9.17, 15) is 13.5 Å². The zero-order valence-corrected chi connectivity index (χ0v) is 18.9. The Bertz CT molecular complexity index is 386. The Morgan fingerprint density at radius 1 is 0.913 bits per heavy atom. The van der Waals surface area contributed by atoms with Crippen LogP contribution in [0.3, 0.4) is 0 Å². The Morgan fingerprint density at radius 2 is 1.39 bits per heavy atom. The molecule has 0 fully saturated rings. The first-order valence-electron chi connectivity index (χ1n) is 8.61. The summed E-state index contributed by atoms with van der Waals surface area (Å²) in [6.07, 6.45) is 12.9. The molecule has 0 saturated carbocycles. The second kappa shape index (κ2) is 17.8. The second-order valence-electron chi connectivity index (χ2n) is 5.85. The first-order valence-corrected chi connectivity index (χ1v) is 10.2. The normalized spacial score (nSPS) is 12.2.